The molecule has 0 atom stereocenters. The van der Waals surface area contributed by atoms with Crippen molar-refractivity contribution in [3.63, 3.8) is 0 Å². The van der Waals surface area contributed by atoms with E-state index < -0.39 is 23.3 Å². The van der Waals surface area contributed by atoms with E-state index in [-0.39, 0.29) is 60.5 Å². The maximum Gasteiger partial charge on any atom is 0.347 e. The molecule has 0 aliphatic rings. The number of para-hydroxylation sites is 2. The second-order valence-corrected chi connectivity index (χ2v) is 12.8. The number of hydrogen-bond acceptors (Lipinski definition) is 8. The summed E-state index contributed by atoms with van der Waals surface area (Å²) in [5.74, 6) is -3.76. The standard InChI is InChI=1S/C29H45NO5.C14H10O5.C2H6/c1-4-5-6-7-8-9-10-11-12-13-14-15-16-17-18-19-20-21-28(34)35-25-29(2,3)24-26(31)30-23-22-27(32)33;15-11-7-3-1-5-9(11)14(18)19-12-8-4-2-6-10(12)13(16)17;1-2/h5-6,8-9,11-12,14-15,17-18H,4,7,10,13,16,19-25H2,1-3H3,(H,30,31)(H,32,33);1-8,15H,(H,16,17);1-2H3/b6-5-,9-8-,12-11-,15-14-,18-17-;;. The first-order valence-electron chi connectivity index (χ1n) is 19.1. The third kappa shape index (κ3) is 26.1. The maximum absolute atomic E-state index is 11.9. The summed E-state index contributed by atoms with van der Waals surface area (Å²) in [7, 11) is 0. The van der Waals surface area contributed by atoms with Crippen LogP contribution in [0.1, 0.15) is 120 Å². The summed E-state index contributed by atoms with van der Waals surface area (Å²) in [5, 5.41) is 29.6. The molecule has 0 aliphatic carbocycles. The molecule has 1 amide bonds. The lowest BCUT2D eigenvalue weighted by Crippen LogP contribution is -2.33. The third-order valence-corrected chi connectivity index (χ3v) is 7.28. The summed E-state index contributed by atoms with van der Waals surface area (Å²) in [6.07, 6.45) is 28.4. The van der Waals surface area contributed by atoms with E-state index in [9.17, 15) is 29.1 Å². The number of unbranched alkanes of at least 4 members (excludes halogenated alkanes) is 1. The van der Waals surface area contributed by atoms with E-state index in [0.29, 0.717) is 6.42 Å². The zero-order valence-corrected chi connectivity index (χ0v) is 33.6. The Balaban J connectivity index is 0.00000120. The summed E-state index contributed by atoms with van der Waals surface area (Å²) in [5.41, 5.74) is -0.651. The Morgan fingerprint density at radius 3 is 1.77 bits per heavy atom. The summed E-state index contributed by atoms with van der Waals surface area (Å²) in [6, 6.07) is 11.7. The molecule has 0 radical (unpaired) electrons. The Labute approximate surface area is 332 Å². The molecule has 0 unspecified atom stereocenters. The number of carbonyl (C=O) groups is 5. The van der Waals surface area contributed by atoms with Crippen LogP contribution in [0.5, 0.6) is 11.5 Å². The number of nitrogens with one attached hydrogen (secondary N) is 1. The summed E-state index contributed by atoms with van der Waals surface area (Å²) in [6.45, 7) is 10.1. The second kappa shape index (κ2) is 31.6. The van der Waals surface area contributed by atoms with Gasteiger partial charge in [0.2, 0.25) is 5.91 Å². The Bertz CT molecular complexity index is 1620. The average Bonchev–Trinajstić information content (AvgIpc) is 3.16. The van der Waals surface area contributed by atoms with Gasteiger partial charge in [-0.2, -0.15) is 0 Å². The van der Waals surface area contributed by atoms with Gasteiger partial charge in [0, 0.05) is 24.8 Å². The number of allylic oxidation sites excluding steroid dienone is 10. The number of carbonyl (C=O) groups excluding carboxylic acids is 3. The summed E-state index contributed by atoms with van der Waals surface area (Å²) < 4.78 is 10.3. The fourth-order valence-electron chi connectivity index (χ4n) is 4.47. The van der Waals surface area contributed by atoms with Crippen molar-refractivity contribution in [2.75, 3.05) is 13.2 Å². The number of hydrogen-bond donors (Lipinski definition) is 4. The Morgan fingerprint density at radius 1 is 0.714 bits per heavy atom. The number of phenolic OH excluding ortho intramolecular Hbond substituents is 1. The van der Waals surface area contributed by atoms with Crippen molar-refractivity contribution in [2.24, 2.45) is 5.41 Å². The lowest BCUT2D eigenvalue weighted by Gasteiger charge is -2.23. The molecule has 306 valence electrons. The van der Waals surface area contributed by atoms with Gasteiger partial charge in [-0.05, 0) is 69.2 Å². The van der Waals surface area contributed by atoms with Crippen LogP contribution in [0.4, 0.5) is 0 Å². The molecule has 11 heteroatoms. The minimum Gasteiger partial charge on any atom is -0.507 e. The Morgan fingerprint density at radius 2 is 1.23 bits per heavy atom. The minimum atomic E-state index is -1.19. The number of ether oxygens (including phenoxy) is 2. The van der Waals surface area contributed by atoms with Gasteiger partial charge in [-0.15, -0.1) is 0 Å². The van der Waals surface area contributed by atoms with Gasteiger partial charge in [-0.3, -0.25) is 14.4 Å². The van der Waals surface area contributed by atoms with Gasteiger partial charge in [-0.1, -0.05) is 120 Å². The first-order chi connectivity index (χ1) is 26.9. The van der Waals surface area contributed by atoms with Gasteiger partial charge in [-0.25, -0.2) is 9.59 Å². The number of aliphatic carboxylic acids is 1. The molecule has 0 bridgehead atoms. The van der Waals surface area contributed by atoms with Gasteiger partial charge in [0.15, 0.2) is 0 Å². The number of amides is 1. The number of aromatic carboxylic acids is 1. The topological polar surface area (TPSA) is 177 Å². The molecule has 0 aliphatic heterocycles. The lowest BCUT2D eigenvalue weighted by molar-refractivity contribution is -0.148. The van der Waals surface area contributed by atoms with Crippen LogP contribution in [-0.4, -0.2) is 58.3 Å². The number of rotatable bonds is 23. The molecule has 4 N–H and O–H groups in total. The van der Waals surface area contributed by atoms with Gasteiger partial charge in [0.1, 0.15) is 22.6 Å². The highest BCUT2D eigenvalue weighted by molar-refractivity contribution is 5.96. The van der Waals surface area contributed by atoms with Gasteiger partial charge in [0.25, 0.3) is 0 Å². The SMILES string of the molecule is CC.CC/C=C\C/C=C\C/C=C\C/C=C\C/C=C\CCCC(=O)OCC(C)(C)CC(=O)NCCC(=O)O.O=C(Oc1ccccc1C(=O)O)c1ccccc1O. The minimum absolute atomic E-state index is 0.0253. The molecule has 0 spiro atoms. The van der Waals surface area contributed by atoms with E-state index in [4.69, 9.17) is 19.7 Å². The molecular weight excluding hydrogens is 714 g/mol. The molecule has 0 aromatic heterocycles. The molecule has 0 saturated heterocycles. The van der Waals surface area contributed by atoms with Crippen LogP contribution in [0.2, 0.25) is 0 Å². The van der Waals surface area contributed by atoms with Gasteiger partial charge >= 0.3 is 23.9 Å². The zero-order valence-electron chi connectivity index (χ0n) is 33.6. The van der Waals surface area contributed by atoms with Crippen molar-refractivity contribution < 1.29 is 48.8 Å². The van der Waals surface area contributed by atoms with E-state index in [1.807, 2.05) is 27.7 Å². The molecule has 0 heterocycles. The molecular formula is C45H61NO10. The van der Waals surface area contributed by atoms with E-state index in [1.54, 1.807) is 18.2 Å². The second-order valence-electron chi connectivity index (χ2n) is 12.8. The Hall–Kier alpha value is -5.71. The number of phenols is 1. The highest BCUT2D eigenvalue weighted by Gasteiger charge is 2.24. The predicted molar refractivity (Wildman–Crippen MR) is 221 cm³/mol. The first-order valence-corrected chi connectivity index (χ1v) is 19.1. The molecule has 2 rings (SSSR count). The Kier molecular flexibility index (Phi) is 28.4. The molecule has 56 heavy (non-hydrogen) atoms. The van der Waals surface area contributed by atoms with Crippen LogP contribution in [0, 0.1) is 5.41 Å². The van der Waals surface area contributed by atoms with Crippen LogP contribution >= 0.6 is 0 Å². The number of aromatic hydroxyl groups is 1. The van der Waals surface area contributed by atoms with Crippen LogP contribution in [0.15, 0.2) is 109 Å². The highest BCUT2D eigenvalue weighted by Crippen LogP contribution is 2.23. The third-order valence-electron chi connectivity index (χ3n) is 7.28. The maximum atomic E-state index is 11.9. The van der Waals surface area contributed by atoms with Gasteiger partial charge < -0.3 is 30.1 Å². The highest BCUT2D eigenvalue weighted by atomic mass is 16.5. The fraction of sp³-hybridized carbons (Fsp3) is 0.400. The van der Waals surface area contributed by atoms with Crippen LogP contribution in [0.25, 0.3) is 0 Å². The largest absolute Gasteiger partial charge is 0.507 e. The quantitative estimate of drug-likeness (QED) is 0.0368. The molecule has 0 saturated carbocycles. The average molecular weight is 776 g/mol. The van der Waals surface area contributed by atoms with Crippen molar-refractivity contribution in [3.8, 4) is 11.5 Å². The van der Waals surface area contributed by atoms with Crippen LogP contribution < -0.4 is 10.1 Å². The van der Waals surface area contributed by atoms with Crippen LogP contribution in [-0.2, 0) is 19.1 Å². The van der Waals surface area contributed by atoms with Crippen molar-refractivity contribution in [1.29, 1.82) is 0 Å². The lowest BCUT2D eigenvalue weighted by atomic mass is 9.90. The number of esters is 2. The van der Waals surface area contributed by atoms with Gasteiger partial charge in [0.05, 0.1) is 13.0 Å². The number of carboxylic acids is 2. The number of benzene rings is 2. The van der Waals surface area contributed by atoms with E-state index in [1.165, 1.54) is 30.3 Å². The summed E-state index contributed by atoms with van der Waals surface area (Å²) in [4.78, 5) is 57.1. The van der Waals surface area contributed by atoms with Crippen LogP contribution in [0.3, 0.4) is 0 Å². The predicted octanol–water partition coefficient (Wildman–Crippen LogP) is 9.79. The molecule has 11 nitrogen and oxygen atoms in total. The van der Waals surface area contributed by atoms with E-state index in [2.05, 4.69) is 73.0 Å². The van der Waals surface area contributed by atoms with Crippen molar-refractivity contribution in [1.82, 2.24) is 5.32 Å². The normalized spacial score (nSPS) is 11.3. The van der Waals surface area contributed by atoms with Crippen molar-refractivity contribution in [3.05, 3.63) is 120 Å². The van der Waals surface area contributed by atoms with E-state index >= 15 is 0 Å². The molecule has 2 aromatic rings. The zero-order chi connectivity index (χ0) is 42.0. The monoisotopic (exact) mass is 775 g/mol. The first kappa shape index (κ1) is 50.3. The fourth-order valence-corrected chi connectivity index (χ4v) is 4.47. The van der Waals surface area contributed by atoms with E-state index in [0.717, 1.165) is 44.9 Å². The molecule has 2 aromatic carbocycles. The van der Waals surface area contributed by atoms with Crippen molar-refractivity contribution in [2.45, 2.75) is 98.8 Å². The van der Waals surface area contributed by atoms with Crippen molar-refractivity contribution >= 4 is 29.8 Å². The number of carboxylic acid groups (broad SMARTS) is 2. The smallest absolute Gasteiger partial charge is 0.347 e. The summed E-state index contributed by atoms with van der Waals surface area (Å²) >= 11 is 0. The molecule has 0 fully saturated rings.